The van der Waals surface area contributed by atoms with Crippen LogP contribution in [0.4, 0.5) is 4.79 Å². The summed E-state index contributed by atoms with van der Waals surface area (Å²) in [5.74, 6) is 0.498. The molecule has 0 aliphatic heterocycles. The van der Waals surface area contributed by atoms with Crippen molar-refractivity contribution < 1.29 is 28.9 Å². The van der Waals surface area contributed by atoms with E-state index in [4.69, 9.17) is 14.2 Å². The number of carboxylic acids is 1. The van der Waals surface area contributed by atoms with Gasteiger partial charge in [-0.15, -0.1) is 0 Å². The van der Waals surface area contributed by atoms with Crippen LogP contribution in [0.2, 0.25) is 0 Å². The van der Waals surface area contributed by atoms with Gasteiger partial charge in [0.1, 0.15) is 18.1 Å². The van der Waals surface area contributed by atoms with Gasteiger partial charge in [0.15, 0.2) is 6.10 Å². The van der Waals surface area contributed by atoms with E-state index in [1.165, 1.54) is 0 Å². The van der Waals surface area contributed by atoms with Gasteiger partial charge in [-0.3, -0.25) is 0 Å². The number of carbonyl (C=O) groups is 2. The first-order valence-corrected chi connectivity index (χ1v) is 11.8. The van der Waals surface area contributed by atoms with Crippen molar-refractivity contribution in [2.75, 3.05) is 39.5 Å². The number of aliphatic carboxylic acids is 1. The fourth-order valence-electron chi connectivity index (χ4n) is 3.25. The molecule has 8 heteroatoms. The molecule has 34 heavy (non-hydrogen) atoms. The first-order valence-electron chi connectivity index (χ1n) is 11.8. The van der Waals surface area contributed by atoms with Gasteiger partial charge in [0.05, 0.1) is 13.2 Å². The van der Waals surface area contributed by atoms with Crippen molar-refractivity contribution in [2.24, 2.45) is 0 Å². The highest BCUT2D eigenvalue weighted by Crippen LogP contribution is 2.15. The molecule has 0 radical (unpaired) electrons. The lowest BCUT2D eigenvalue weighted by molar-refractivity contribution is -0.149. The molecule has 8 nitrogen and oxygen atoms in total. The average Bonchev–Trinajstić information content (AvgIpc) is 2.85. The third kappa shape index (κ3) is 10.1. The summed E-state index contributed by atoms with van der Waals surface area (Å²) >= 11 is 0. The highest BCUT2D eigenvalue weighted by molar-refractivity contribution is 5.74. The molecular formula is C26H36N2O6. The third-order valence-corrected chi connectivity index (χ3v) is 5.02. The molecule has 0 heterocycles. The lowest BCUT2D eigenvalue weighted by Crippen LogP contribution is -2.43. The van der Waals surface area contributed by atoms with Gasteiger partial charge in [-0.05, 0) is 49.6 Å². The topological polar surface area (TPSA) is 97.3 Å². The Morgan fingerprint density at radius 2 is 1.62 bits per heavy atom. The number of nitrogens with zero attached hydrogens (tertiary/aromatic N) is 1. The van der Waals surface area contributed by atoms with Crippen LogP contribution in [0.15, 0.2) is 54.6 Å². The molecule has 2 rings (SSSR count). The number of hydrogen-bond donors (Lipinski definition) is 2. The first kappa shape index (κ1) is 27.0. The zero-order valence-electron chi connectivity index (χ0n) is 20.1. The highest BCUT2D eigenvalue weighted by atomic mass is 16.5. The standard InChI is InChI=1S/C26H36N2O6/c1-3-15-27-26(31)28(16-8-18-33-22-9-6-5-7-10-22)17-19-34-23-13-11-21(12-14-23)20-24(25(29)30)32-4-2/h5-7,9-14,24H,3-4,8,15-20H2,1-2H3,(H,27,31)(H,29,30). The molecule has 0 saturated heterocycles. The maximum absolute atomic E-state index is 12.5. The van der Waals surface area contributed by atoms with Gasteiger partial charge in [-0.25, -0.2) is 9.59 Å². The van der Waals surface area contributed by atoms with Crippen LogP contribution in [0.25, 0.3) is 0 Å². The summed E-state index contributed by atoms with van der Waals surface area (Å²) < 4.78 is 16.8. The number of carboxylic acid groups (broad SMARTS) is 1. The Hall–Kier alpha value is -3.26. The summed E-state index contributed by atoms with van der Waals surface area (Å²) in [5, 5.41) is 12.1. The highest BCUT2D eigenvalue weighted by Gasteiger charge is 2.18. The van der Waals surface area contributed by atoms with Gasteiger partial charge >= 0.3 is 12.0 Å². The molecule has 0 bridgehead atoms. The molecule has 0 saturated carbocycles. The second kappa shape index (κ2) is 15.6. The second-order valence-corrected chi connectivity index (χ2v) is 7.71. The molecule has 0 aliphatic carbocycles. The van der Waals surface area contributed by atoms with E-state index in [2.05, 4.69) is 5.32 Å². The van der Waals surface area contributed by atoms with Crippen molar-refractivity contribution in [3.05, 3.63) is 60.2 Å². The summed E-state index contributed by atoms with van der Waals surface area (Å²) in [6.45, 7) is 6.61. The second-order valence-electron chi connectivity index (χ2n) is 7.71. The number of ether oxygens (including phenoxy) is 3. The van der Waals surface area contributed by atoms with E-state index >= 15 is 0 Å². The van der Waals surface area contributed by atoms with E-state index in [0.717, 1.165) is 17.7 Å². The van der Waals surface area contributed by atoms with Crippen LogP contribution in [0, 0.1) is 0 Å². The summed E-state index contributed by atoms with van der Waals surface area (Å²) in [5.41, 5.74) is 0.854. The lowest BCUT2D eigenvalue weighted by atomic mass is 10.1. The molecule has 1 unspecified atom stereocenters. The fraction of sp³-hybridized carbons (Fsp3) is 0.462. The Bertz CT molecular complexity index is 844. The molecule has 1 atom stereocenters. The molecule has 0 spiro atoms. The Balaban J connectivity index is 1.81. The van der Waals surface area contributed by atoms with Crippen molar-refractivity contribution in [3.8, 4) is 11.5 Å². The smallest absolute Gasteiger partial charge is 0.333 e. The minimum absolute atomic E-state index is 0.115. The minimum Gasteiger partial charge on any atom is -0.494 e. The molecular weight excluding hydrogens is 436 g/mol. The SMILES string of the molecule is CCCNC(=O)N(CCCOc1ccccc1)CCOc1ccc(CC(OCC)C(=O)O)cc1. The number of nitrogens with one attached hydrogen (secondary N) is 1. The molecule has 0 aromatic heterocycles. The van der Waals surface area contributed by atoms with Crippen LogP contribution >= 0.6 is 0 Å². The van der Waals surface area contributed by atoms with Crippen LogP contribution in [-0.4, -0.2) is 67.6 Å². The number of para-hydroxylation sites is 1. The van der Waals surface area contributed by atoms with Crippen molar-refractivity contribution in [3.63, 3.8) is 0 Å². The number of amides is 2. The van der Waals surface area contributed by atoms with Crippen LogP contribution in [0.3, 0.4) is 0 Å². The van der Waals surface area contributed by atoms with Crippen LogP contribution in [0.5, 0.6) is 11.5 Å². The Morgan fingerprint density at radius 3 is 2.26 bits per heavy atom. The van der Waals surface area contributed by atoms with Crippen molar-refractivity contribution in [1.29, 1.82) is 0 Å². The number of rotatable bonds is 16. The molecule has 2 N–H and O–H groups in total. The Labute approximate surface area is 201 Å². The van der Waals surface area contributed by atoms with Crippen molar-refractivity contribution in [1.82, 2.24) is 10.2 Å². The van der Waals surface area contributed by atoms with Crippen molar-refractivity contribution >= 4 is 12.0 Å². The monoisotopic (exact) mass is 472 g/mol. The van der Waals surface area contributed by atoms with E-state index < -0.39 is 12.1 Å². The van der Waals surface area contributed by atoms with Gasteiger partial charge < -0.3 is 29.5 Å². The van der Waals surface area contributed by atoms with Gasteiger partial charge in [-0.2, -0.15) is 0 Å². The summed E-state index contributed by atoms with van der Waals surface area (Å²) in [6, 6.07) is 16.7. The Kier molecular flexibility index (Phi) is 12.3. The molecule has 2 amide bonds. The molecule has 2 aromatic carbocycles. The van der Waals surface area contributed by atoms with Gasteiger partial charge in [0.25, 0.3) is 0 Å². The summed E-state index contributed by atoms with van der Waals surface area (Å²) in [4.78, 5) is 25.5. The largest absolute Gasteiger partial charge is 0.494 e. The molecule has 186 valence electrons. The normalized spacial score (nSPS) is 11.5. The summed E-state index contributed by atoms with van der Waals surface area (Å²) in [6.07, 6.45) is 0.997. The fourth-order valence-corrected chi connectivity index (χ4v) is 3.25. The predicted octanol–water partition coefficient (Wildman–Crippen LogP) is 3.99. The van der Waals surface area contributed by atoms with E-state index in [0.29, 0.717) is 58.0 Å². The molecule has 0 fully saturated rings. The number of carbonyl (C=O) groups excluding carboxylic acids is 1. The van der Waals surface area contributed by atoms with E-state index in [9.17, 15) is 14.7 Å². The quantitative estimate of drug-likeness (QED) is 0.359. The van der Waals surface area contributed by atoms with Gasteiger partial charge in [-0.1, -0.05) is 37.3 Å². The summed E-state index contributed by atoms with van der Waals surface area (Å²) in [7, 11) is 0. The van der Waals surface area contributed by atoms with E-state index in [-0.39, 0.29) is 6.03 Å². The van der Waals surface area contributed by atoms with Gasteiger partial charge in [0, 0.05) is 26.1 Å². The molecule has 0 aliphatic rings. The minimum atomic E-state index is -0.974. The Morgan fingerprint density at radius 1 is 0.941 bits per heavy atom. The van der Waals surface area contributed by atoms with E-state index in [1.54, 1.807) is 24.0 Å². The van der Waals surface area contributed by atoms with Crippen molar-refractivity contribution in [2.45, 2.75) is 39.2 Å². The first-order chi connectivity index (χ1) is 16.5. The molecule has 2 aromatic rings. The number of hydrogen-bond acceptors (Lipinski definition) is 5. The average molecular weight is 473 g/mol. The number of benzene rings is 2. The zero-order chi connectivity index (χ0) is 24.6. The van der Waals surface area contributed by atoms with Crippen LogP contribution < -0.4 is 14.8 Å². The van der Waals surface area contributed by atoms with Crippen LogP contribution in [-0.2, 0) is 16.0 Å². The third-order valence-electron chi connectivity index (χ3n) is 5.02. The van der Waals surface area contributed by atoms with Gasteiger partial charge in [0.2, 0.25) is 0 Å². The van der Waals surface area contributed by atoms with E-state index in [1.807, 2.05) is 49.4 Å². The number of urea groups is 1. The lowest BCUT2D eigenvalue weighted by Gasteiger charge is -2.23. The van der Waals surface area contributed by atoms with Crippen LogP contribution in [0.1, 0.15) is 32.3 Å². The predicted molar refractivity (Wildman–Crippen MR) is 131 cm³/mol. The maximum atomic E-state index is 12.5. The zero-order valence-corrected chi connectivity index (χ0v) is 20.1. The maximum Gasteiger partial charge on any atom is 0.333 e.